The van der Waals surface area contributed by atoms with Crippen LogP contribution in [0.5, 0.6) is 11.5 Å². The third-order valence-corrected chi connectivity index (χ3v) is 10.6. The molecule has 3 unspecified atom stereocenters. The molecule has 1 fully saturated rings. The van der Waals surface area contributed by atoms with Crippen molar-refractivity contribution in [3.05, 3.63) is 83.9 Å². The van der Waals surface area contributed by atoms with Crippen molar-refractivity contribution >= 4 is 44.4 Å². The molecule has 11 heteroatoms. The standard InChI is InChI=1S/C34H38N2O8S/c1-2-36(25-15-19-27(38)20-16-25)45(42,43)29-21-28-32(22-11-17-26(37)18-12-22)33(34(29)44-28)23-9-13-24(14-10-23)35-30(39)7-5-3-4-6-8-31(40)41/h9-20,28-29,34,37-38H,2-8,21H2,1H3,(H,35,39)(H,40,41). The molecule has 1 saturated heterocycles. The number of rotatable bonds is 14. The number of sulfonamides is 1. The minimum absolute atomic E-state index is 0.0480. The smallest absolute Gasteiger partial charge is 0.303 e. The van der Waals surface area contributed by atoms with Crippen molar-refractivity contribution in [2.24, 2.45) is 0 Å². The molecule has 0 saturated carbocycles. The first-order chi connectivity index (χ1) is 21.6. The summed E-state index contributed by atoms with van der Waals surface area (Å²) in [6.07, 6.45) is 2.34. The molecule has 10 nitrogen and oxygen atoms in total. The lowest BCUT2D eigenvalue weighted by molar-refractivity contribution is -0.137. The van der Waals surface area contributed by atoms with Crippen LogP contribution in [0.1, 0.15) is 63.0 Å². The van der Waals surface area contributed by atoms with Crippen molar-refractivity contribution in [1.82, 2.24) is 0 Å². The molecule has 4 N–H and O–H groups in total. The summed E-state index contributed by atoms with van der Waals surface area (Å²) in [7, 11) is -3.88. The van der Waals surface area contributed by atoms with E-state index >= 15 is 0 Å². The zero-order valence-electron chi connectivity index (χ0n) is 25.1. The van der Waals surface area contributed by atoms with E-state index < -0.39 is 33.5 Å². The molecular formula is C34H38N2O8S. The van der Waals surface area contributed by atoms with Gasteiger partial charge in [0, 0.05) is 25.1 Å². The number of benzene rings is 3. The number of hydrogen-bond acceptors (Lipinski definition) is 7. The van der Waals surface area contributed by atoms with Crippen LogP contribution in [-0.2, 0) is 24.3 Å². The Morgan fingerprint density at radius 3 is 1.98 bits per heavy atom. The molecule has 3 aromatic carbocycles. The lowest BCUT2D eigenvalue weighted by atomic mass is 9.83. The number of carboxylic acids is 1. The highest BCUT2D eigenvalue weighted by Gasteiger charge is 2.54. The quantitative estimate of drug-likeness (QED) is 0.163. The molecule has 0 spiro atoms. The Balaban J connectivity index is 1.37. The maximum Gasteiger partial charge on any atom is 0.303 e. The average molecular weight is 635 g/mol. The van der Waals surface area contributed by atoms with E-state index in [1.807, 2.05) is 12.1 Å². The van der Waals surface area contributed by atoms with Gasteiger partial charge < -0.3 is 25.4 Å². The van der Waals surface area contributed by atoms with Gasteiger partial charge in [-0.3, -0.25) is 13.9 Å². The number of unbranched alkanes of at least 4 members (excludes halogenated alkanes) is 3. The second kappa shape index (κ2) is 13.7. The van der Waals surface area contributed by atoms with Gasteiger partial charge in [0.25, 0.3) is 0 Å². The summed E-state index contributed by atoms with van der Waals surface area (Å²) in [5.74, 6) is -0.772. The van der Waals surface area contributed by atoms with Crippen LogP contribution in [-0.4, -0.2) is 59.6 Å². The second-order valence-electron chi connectivity index (χ2n) is 11.4. The van der Waals surface area contributed by atoms with Crippen molar-refractivity contribution in [2.45, 2.75) is 69.3 Å². The van der Waals surface area contributed by atoms with Crippen molar-refractivity contribution in [3.63, 3.8) is 0 Å². The number of amides is 1. The van der Waals surface area contributed by atoms with Gasteiger partial charge in [-0.2, -0.15) is 0 Å². The number of anilines is 2. The zero-order valence-corrected chi connectivity index (χ0v) is 25.9. The third kappa shape index (κ3) is 7.15. The second-order valence-corrected chi connectivity index (χ2v) is 13.4. The van der Waals surface area contributed by atoms with Crippen LogP contribution in [0.2, 0.25) is 0 Å². The van der Waals surface area contributed by atoms with Crippen molar-refractivity contribution in [1.29, 1.82) is 0 Å². The van der Waals surface area contributed by atoms with Crippen LogP contribution in [0.15, 0.2) is 72.8 Å². The minimum Gasteiger partial charge on any atom is -0.508 e. The first kappa shape index (κ1) is 32.1. The molecule has 2 heterocycles. The molecule has 3 aromatic rings. The number of carbonyl (C=O) groups is 2. The highest BCUT2D eigenvalue weighted by Crippen LogP contribution is 2.51. The van der Waals surface area contributed by atoms with Crippen LogP contribution >= 0.6 is 0 Å². The van der Waals surface area contributed by atoms with E-state index in [1.54, 1.807) is 55.5 Å². The van der Waals surface area contributed by atoms with Gasteiger partial charge in [-0.15, -0.1) is 0 Å². The number of nitrogens with one attached hydrogen (secondary N) is 1. The van der Waals surface area contributed by atoms with Crippen LogP contribution in [0, 0.1) is 0 Å². The lowest BCUT2D eigenvalue weighted by Crippen LogP contribution is -2.43. The number of carboxylic acid groups (broad SMARTS) is 1. The third-order valence-electron chi connectivity index (χ3n) is 8.31. The Bertz CT molecular complexity index is 1650. The summed E-state index contributed by atoms with van der Waals surface area (Å²) in [5.41, 5.74) is 4.31. The fourth-order valence-electron chi connectivity index (χ4n) is 6.16. The van der Waals surface area contributed by atoms with Gasteiger partial charge in [-0.1, -0.05) is 37.1 Å². The minimum atomic E-state index is -3.88. The van der Waals surface area contributed by atoms with Gasteiger partial charge in [0.05, 0.1) is 11.8 Å². The summed E-state index contributed by atoms with van der Waals surface area (Å²) in [5, 5.41) is 30.4. The fourth-order valence-corrected chi connectivity index (χ4v) is 8.20. The molecule has 1 amide bonds. The van der Waals surface area contributed by atoms with Crippen LogP contribution in [0.3, 0.4) is 0 Å². The molecule has 0 aliphatic carbocycles. The Labute approximate surface area is 263 Å². The van der Waals surface area contributed by atoms with Gasteiger partial charge in [-0.25, -0.2) is 8.42 Å². The van der Waals surface area contributed by atoms with Crippen molar-refractivity contribution in [3.8, 4) is 11.5 Å². The van der Waals surface area contributed by atoms with E-state index in [4.69, 9.17) is 9.84 Å². The van der Waals surface area contributed by atoms with Crippen LogP contribution < -0.4 is 9.62 Å². The predicted molar refractivity (Wildman–Crippen MR) is 172 cm³/mol. The van der Waals surface area contributed by atoms with E-state index in [2.05, 4.69) is 5.32 Å². The van der Waals surface area contributed by atoms with Crippen LogP contribution in [0.25, 0.3) is 11.1 Å². The largest absolute Gasteiger partial charge is 0.508 e. The van der Waals surface area contributed by atoms with Crippen molar-refractivity contribution < 1.29 is 38.1 Å². The number of phenolic OH excluding ortho intramolecular Hbond substituents is 2. The number of aliphatic carboxylic acids is 1. The zero-order chi connectivity index (χ0) is 32.1. The summed E-state index contributed by atoms with van der Waals surface area (Å²) < 4.78 is 35.9. The molecular weight excluding hydrogens is 596 g/mol. The Hall–Kier alpha value is -4.35. The normalized spacial score (nSPS) is 19.1. The lowest BCUT2D eigenvalue weighted by Gasteiger charge is -2.31. The summed E-state index contributed by atoms with van der Waals surface area (Å²) in [6, 6.07) is 20.1. The van der Waals surface area contributed by atoms with Gasteiger partial charge in [-0.05, 0) is 97.0 Å². The maximum absolute atomic E-state index is 14.1. The van der Waals surface area contributed by atoms with Crippen molar-refractivity contribution in [2.75, 3.05) is 16.2 Å². The molecule has 45 heavy (non-hydrogen) atoms. The van der Waals surface area contributed by atoms with Gasteiger partial charge >= 0.3 is 5.97 Å². The number of phenols is 2. The van der Waals surface area contributed by atoms with E-state index in [9.17, 15) is 28.2 Å². The summed E-state index contributed by atoms with van der Waals surface area (Å²) in [4.78, 5) is 23.1. The molecule has 0 radical (unpaired) electrons. The molecule has 2 bridgehead atoms. The SMILES string of the molecule is CCN(c1ccc(O)cc1)S(=O)(=O)C1CC2OC1C(c1ccc(NC(=O)CCCCCCC(=O)O)cc1)=C2c1ccc(O)cc1. The molecule has 2 aliphatic heterocycles. The predicted octanol–water partition coefficient (Wildman–Crippen LogP) is 5.77. The van der Waals surface area contributed by atoms with E-state index in [-0.39, 0.29) is 36.8 Å². The number of aromatic hydroxyl groups is 2. The number of hydrogen-bond donors (Lipinski definition) is 4. The average Bonchev–Trinajstić information content (AvgIpc) is 3.61. The number of nitrogens with zero attached hydrogens (tertiary/aromatic N) is 1. The summed E-state index contributed by atoms with van der Waals surface area (Å²) >= 11 is 0. The first-order valence-corrected chi connectivity index (χ1v) is 16.7. The monoisotopic (exact) mass is 634 g/mol. The summed E-state index contributed by atoms with van der Waals surface area (Å²) in [6.45, 7) is 1.98. The van der Waals surface area contributed by atoms with E-state index in [0.717, 1.165) is 35.1 Å². The highest BCUT2D eigenvalue weighted by atomic mass is 32.2. The molecule has 238 valence electrons. The van der Waals surface area contributed by atoms with Gasteiger partial charge in [0.15, 0.2) is 0 Å². The van der Waals surface area contributed by atoms with Gasteiger partial charge in [0.2, 0.25) is 15.9 Å². The topological polar surface area (TPSA) is 153 Å². The van der Waals surface area contributed by atoms with E-state index in [0.29, 0.717) is 30.6 Å². The highest BCUT2D eigenvalue weighted by molar-refractivity contribution is 7.93. The van der Waals surface area contributed by atoms with E-state index in [1.165, 1.54) is 16.4 Å². The Morgan fingerprint density at radius 1 is 0.822 bits per heavy atom. The molecule has 3 atom stereocenters. The fraction of sp³-hybridized carbons (Fsp3) is 0.353. The molecule has 5 rings (SSSR count). The Kier molecular flexibility index (Phi) is 9.79. The Morgan fingerprint density at radius 2 is 1.38 bits per heavy atom. The first-order valence-electron chi connectivity index (χ1n) is 15.2. The molecule has 2 aliphatic rings. The number of carbonyl (C=O) groups excluding carboxylic acids is 1. The van der Waals surface area contributed by atoms with Crippen LogP contribution in [0.4, 0.5) is 11.4 Å². The van der Waals surface area contributed by atoms with Gasteiger partial charge in [0.1, 0.15) is 22.9 Å². The maximum atomic E-state index is 14.1. The number of ether oxygens (including phenoxy) is 1. The molecule has 0 aromatic heterocycles. The number of fused-ring (bicyclic) bond motifs is 2.